The Morgan fingerprint density at radius 1 is 1.18 bits per heavy atom. The molecule has 0 radical (unpaired) electrons. The summed E-state index contributed by atoms with van der Waals surface area (Å²) in [5.74, 6) is 0. The van der Waals surface area contributed by atoms with E-state index in [0.717, 1.165) is 14.9 Å². The van der Waals surface area contributed by atoms with Crippen LogP contribution < -0.4 is 0 Å². The minimum atomic E-state index is -3.48. The zero-order valence-corrected chi connectivity index (χ0v) is 12.5. The number of hydrogen-bond donors (Lipinski definition) is 0. The molecule has 1 aromatic rings. The fourth-order valence-corrected chi connectivity index (χ4v) is 3.96. The van der Waals surface area contributed by atoms with Crippen molar-refractivity contribution < 1.29 is 8.42 Å². The van der Waals surface area contributed by atoms with Crippen LogP contribution >= 0.6 is 27.7 Å². The number of benzene rings is 1. The van der Waals surface area contributed by atoms with Crippen molar-refractivity contribution in [1.29, 1.82) is 0 Å². The Labute approximate surface area is 113 Å². The van der Waals surface area contributed by atoms with E-state index in [2.05, 4.69) is 20.3 Å². The van der Waals surface area contributed by atoms with Gasteiger partial charge in [0.25, 0.3) is 10.0 Å². The first-order valence-corrected chi connectivity index (χ1v) is 7.91. The zero-order valence-electron chi connectivity index (χ0n) is 9.27. The molecule has 90 valence electrons. The molecule has 0 fully saturated rings. The number of thioether (sulfide) groups is 1. The molecule has 0 saturated carbocycles. The SMILES string of the molecule is CC1=C(C)S(=O)(=O)N=C(c2ccc(Br)cc2)S1. The summed E-state index contributed by atoms with van der Waals surface area (Å²) in [6.45, 7) is 3.38. The molecule has 0 unspecified atom stereocenters. The van der Waals surface area contributed by atoms with Crippen LogP contribution in [0.3, 0.4) is 0 Å². The van der Waals surface area contributed by atoms with Crippen LogP contribution in [0, 0.1) is 0 Å². The van der Waals surface area contributed by atoms with Gasteiger partial charge in [0.1, 0.15) is 5.04 Å². The van der Waals surface area contributed by atoms with Gasteiger partial charge < -0.3 is 0 Å². The van der Waals surface area contributed by atoms with Crippen LogP contribution in [0.4, 0.5) is 0 Å². The first-order valence-electron chi connectivity index (χ1n) is 4.86. The molecule has 0 aromatic heterocycles. The number of sulfonamides is 1. The molecule has 1 aliphatic heterocycles. The average Bonchev–Trinajstić information content (AvgIpc) is 2.26. The van der Waals surface area contributed by atoms with Gasteiger partial charge in [0.05, 0.1) is 4.91 Å². The van der Waals surface area contributed by atoms with Gasteiger partial charge in [-0.3, -0.25) is 0 Å². The number of nitrogens with zero attached hydrogens (tertiary/aromatic N) is 1. The lowest BCUT2D eigenvalue weighted by Crippen LogP contribution is -2.10. The highest BCUT2D eigenvalue weighted by Crippen LogP contribution is 2.33. The van der Waals surface area contributed by atoms with E-state index in [1.165, 1.54) is 11.8 Å². The van der Waals surface area contributed by atoms with E-state index in [0.29, 0.717) is 9.95 Å². The summed E-state index contributed by atoms with van der Waals surface area (Å²) in [6, 6.07) is 7.43. The minimum absolute atomic E-state index is 0.336. The van der Waals surface area contributed by atoms with E-state index in [-0.39, 0.29) is 0 Å². The van der Waals surface area contributed by atoms with Gasteiger partial charge in [-0.25, -0.2) is 0 Å². The van der Waals surface area contributed by atoms with Gasteiger partial charge in [-0.2, -0.15) is 12.8 Å². The van der Waals surface area contributed by atoms with Crippen LogP contribution in [-0.4, -0.2) is 13.5 Å². The molecule has 0 spiro atoms. The third kappa shape index (κ3) is 2.64. The molecule has 0 N–H and O–H groups in total. The lowest BCUT2D eigenvalue weighted by molar-refractivity contribution is 0.603. The summed E-state index contributed by atoms with van der Waals surface area (Å²) in [7, 11) is -3.48. The second-order valence-electron chi connectivity index (χ2n) is 3.59. The minimum Gasteiger partial charge on any atom is -0.200 e. The van der Waals surface area contributed by atoms with Gasteiger partial charge in [0, 0.05) is 14.9 Å². The molecule has 1 aromatic carbocycles. The van der Waals surface area contributed by atoms with Crippen LogP contribution in [0.15, 0.2) is 42.9 Å². The summed E-state index contributed by atoms with van der Waals surface area (Å²) >= 11 is 4.73. The highest BCUT2D eigenvalue weighted by atomic mass is 79.9. The Morgan fingerprint density at radius 3 is 2.29 bits per heavy atom. The standard InChI is InChI=1S/C11H10BrNO2S2/c1-7-8(2)17(14,15)13-11(16-7)9-3-5-10(12)6-4-9/h3-6H,1-2H3. The van der Waals surface area contributed by atoms with Crippen LogP contribution in [0.2, 0.25) is 0 Å². The van der Waals surface area contributed by atoms with Crippen LogP contribution in [0.25, 0.3) is 0 Å². The molecule has 0 saturated heterocycles. The van der Waals surface area contributed by atoms with E-state index in [4.69, 9.17) is 0 Å². The van der Waals surface area contributed by atoms with E-state index in [1.807, 2.05) is 24.3 Å². The molecule has 1 heterocycles. The van der Waals surface area contributed by atoms with Crippen molar-refractivity contribution in [2.45, 2.75) is 13.8 Å². The Hall–Kier alpha value is -0.590. The monoisotopic (exact) mass is 331 g/mol. The summed E-state index contributed by atoms with van der Waals surface area (Å²) in [5, 5.41) is 0.528. The van der Waals surface area contributed by atoms with E-state index in [1.54, 1.807) is 13.8 Å². The van der Waals surface area contributed by atoms with E-state index in [9.17, 15) is 8.42 Å². The Balaban J connectivity index is 2.47. The van der Waals surface area contributed by atoms with Crippen molar-refractivity contribution in [3.05, 3.63) is 44.1 Å². The zero-order chi connectivity index (χ0) is 12.6. The molecule has 0 amide bonds. The van der Waals surface area contributed by atoms with Crippen LogP contribution in [0.5, 0.6) is 0 Å². The normalized spacial score (nSPS) is 19.1. The molecule has 0 aliphatic carbocycles. The van der Waals surface area contributed by atoms with E-state index >= 15 is 0 Å². The molecule has 3 nitrogen and oxygen atoms in total. The number of hydrogen-bond acceptors (Lipinski definition) is 3. The summed E-state index contributed by atoms with van der Waals surface area (Å²) in [4.78, 5) is 1.11. The summed E-state index contributed by atoms with van der Waals surface area (Å²) < 4.78 is 28.3. The molecule has 17 heavy (non-hydrogen) atoms. The molecule has 1 aliphatic rings. The fraction of sp³-hybridized carbons (Fsp3) is 0.182. The number of allylic oxidation sites excluding steroid dienone is 2. The Morgan fingerprint density at radius 2 is 1.76 bits per heavy atom. The largest absolute Gasteiger partial charge is 0.280 e. The van der Waals surface area contributed by atoms with Gasteiger partial charge in [-0.15, -0.1) is 0 Å². The molecule has 0 bridgehead atoms. The number of rotatable bonds is 1. The van der Waals surface area contributed by atoms with Crippen molar-refractivity contribution in [2.24, 2.45) is 4.40 Å². The van der Waals surface area contributed by atoms with E-state index < -0.39 is 10.0 Å². The lowest BCUT2D eigenvalue weighted by atomic mass is 10.2. The van der Waals surface area contributed by atoms with Gasteiger partial charge in [-0.1, -0.05) is 39.8 Å². The highest BCUT2D eigenvalue weighted by Gasteiger charge is 2.23. The smallest absolute Gasteiger partial charge is 0.200 e. The molecular weight excluding hydrogens is 322 g/mol. The van der Waals surface area contributed by atoms with Crippen molar-refractivity contribution in [3.8, 4) is 0 Å². The fourth-order valence-electron chi connectivity index (χ4n) is 1.30. The quantitative estimate of drug-likeness (QED) is 0.790. The summed E-state index contributed by atoms with van der Waals surface area (Å²) in [5.41, 5.74) is 0.814. The maximum absolute atomic E-state index is 11.8. The first-order chi connectivity index (χ1) is 7.90. The van der Waals surface area contributed by atoms with Crippen LogP contribution in [-0.2, 0) is 10.0 Å². The second kappa shape index (κ2) is 4.59. The van der Waals surface area contributed by atoms with Crippen molar-refractivity contribution in [2.75, 3.05) is 0 Å². The maximum Gasteiger partial charge on any atom is 0.280 e. The highest BCUT2D eigenvalue weighted by molar-refractivity contribution is 9.10. The predicted molar refractivity (Wildman–Crippen MR) is 75.6 cm³/mol. The Bertz CT molecular complexity index is 615. The van der Waals surface area contributed by atoms with Gasteiger partial charge in [-0.05, 0) is 26.0 Å². The average molecular weight is 332 g/mol. The van der Waals surface area contributed by atoms with Gasteiger partial charge in [0.15, 0.2) is 0 Å². The van der Waals surface area contributed by atoms with Gasteiger partial charge >= 0.3 is 0 Å². The second-order valence-corrected chi connectivity index (χ2v) is 7.46. The molecule has 0 atom stereocenters. The maximum atomic E-state index is 11.8. The Kier molecular flexibility index (Phi) is 3.47. The van der Waals surface area contributed by atoms with Crippen LogP contribution in [0.1, 0.15) is 19.4 Å². The third-order valence-corrected chi connectivity index (χ3v) is 5.84. The summed E-state index contributed by atoms with van der Waals surface area (Å²) in [6.07, 6.45) is 0. The van der Waals surface area contributed by atoms with Crippen molar-refractivity contribution in [1.82, 2.24) is 0 Å². The molecule has 6 heteroatoms. The topological polar surface area (TPSA) is 46.5 Å². The van der Waals surface area contributed by atoms with Gasteiger partial charge in [0.2, 0.25) is 0 Å². The first kappa shape index (κ1) is 12.9. The predicted octanol–water partition coefficient (Wildman–Crippen LogP) is 3.52. The lowest BCUT2D eigenvalue weighted by Gasteiger charge is -2.14. The molecule has 2 rings (SSSR count). The third-order valence-electron chi connectivity index (χ3n) is 2.43. The number of halogens is 1. The van der Waals surface area contributed by atoms with Crippen molar-refractivity contribution in [3.63, 3.8) is 0 Å². The van der Waals surface area contributed by atoms with Crippen molar-refractivity contribution >= 4 is 42.8 Å². The molecular formula is C11H10BrNO2S2.